The summed E-state index contributed by atoms with van der Waals surface area (Å²) in [6, 6.07) is 8.78. The van der Waals surface area contributed by atoms with Gasteiger partial charge >= 0.3 is 0 Å². The van der Waals surface area contributed by atoms with Gasteiger partial charge in [-0.3, -0.25) is 4.98 Å². The van der Waals surface area contributed by atoms with Crippen molar-refractivity contribution >= 4 is 27.3 Å². The lowest BCUT2D eigenvalue weighted by molar-refractivity contribution is 0.515. The number of rotatable bonds is 4. The van der Waals surface area contributed by atoms with Gasteiger partial charge in [0, 0.05) is 29.2 Å². The van der Waals surface area contributed by atoms with Crippen LogP contribution in [0.1, 0.15) is 29.3 Å². The summed E-state index contributed by atoms with van der Waals surface area (Å²) in [5.74, 6) is 0.425. The van der Waals surface area contributed by atoms with Crippen molar-refractivity contribution in [2.45, 2.75) is 18.9 Å². The lowest BCUT2D eigenvalue weighted by Crippen LogP contribution is -2.21. The van der Waals surface area contributed by atoms with Gasteiger partial charge in [-0.2, -0.15) is 0 Å². The van der Waals surface area contributed by atoms with E-state index in [4.69, 9.17) is 0 Å². The van der Waals surface area contributed by atoms with Crippen LogP contribution in [-0.4, -0.2) is 12.0 Å². The summed E-state index contributed by atoms with van der Waals surface area (Å²) in [6.07, 6.45) is 3.70. The Morgan fingerprint density at radius 3 is 2.47 bits per heavy atom. The zero-order valence-corrected chi connectivity index (χ0v) is 12.3. The summed E-state index contributed by atoms with van der Waals surface area (Å²) in [4.78, 5) is 5.42. The maximum atomic E-state index is 4.06. The molecular formula is C13H15BrN2S. The molecule has 0 aliphatic heterocycles. The number of aromatic nitrogens is 1. The Labute approximate surface area is 114 Å². The molecule has 1 N–H and O–H groups in total. The van der Waals surface area contributed by atoms with Gasteiger partial charge in [0.05, 0.1) is 3.79 Å². The molecule has 0 spiro atoms. The Morgan fingerprint density at radius 2 is 1.94 bits per heavy atom. The van der Waals surface area contributed by atoms with E-state index in [-0.39, 0.29) is 0 Å². The second-order valence-electron chi connectivity index (χ2n) is 3.98. The second-order valence-corrected chi connectivity index (χ2v) is 6.47. The Balaban J connectivity index is 2.25. The Bertz CT molecular complexity index is 469. The molecule has 0 aliphatic carbocycles. The van der Waals surface area contributed by atoms with Crippen molar-refractivity contribution in [1.29, 1.82) is 0 Å². The van der Waals surface area contributed by atoms with E-state index in [9.17, 15) is 0 Å². The third-order valence-corrected chi connectivity index (χ3v) is 4.65. The molecule has 2 nitrogen and oxygen atoms in total. The van der Waals surface area contributed by atoms with Crippen molar-refractivity contribution in [3.05, 3.63) is 50.9 Å². The SMILES string of the molecule is CNC(c1ccc(Br)s1)C(C)c1ccncc1. The highest BCUT2D eigenvalue weighted by atomic mass is 79.9. The number of likely N-dealkylation sites (N-methyl/N-ethyl adjacent to an activating group) is 1. The Kier molecular flexibility index (Phi) is 4.31. The molecule has 0 bridgehead atoms. The highest BCUT2D eigenvalue weighted by Gasteiger charge is 2.20. The minimum absolute atomic E-state index is 0.341. The lowest BCUT2D eigenvalue weighted by atomic mass is 9.93. The van der Waals surface area contributed by atoms with Gasteiger partial charge in [-0.05, 0) is 52.8 Å². The van der Waals surface area contributed by atoms with Crippen molar-refractivity contribution in [1.82, 2.24) is 10.3 Å². The molecule has 2 rings (SSSR count). The van der Waals surface area contributed by atoms with Gasteiger partial charge in [0.1, 0.15) is 0 Å². The Hall–Kier alpha value is -0.710. The van der Waals surface area contributed by atoms with Gasteiger partial charge in [0.25, 0.3) is 0 Å². The average molecular weight is 311 g/mol. The molecule has 0 saturated heterocycles. The van der Waals surface area contributed by atoms with Gasteiger partial charge in [0.15, 0.2) is 0 Å². The molecule has 0 aliphatic rings. The zero-order valence-electron chi connectivity index (χ0n) is 9.85. The van der Waals surface area contributed by atoms with Crippen LogP contribution in [0.5, 0.6) is 0 Å². The summed E-state index contributed by atoms with van der Waals surface area (Å²) in [6.45, 7) is 2.24. The van der Waals surface area contributed by atoms with Crippen LogP contribution in [0.25, 0.3) is 0 Å². The average Bonchev–Trinajstić information content (AvgIpc) is 2.78. The van der Waals surface area contributed by atoms with Crippen molar-refractivity contribution in [3.8, 4) is 0 Å². The molecule has 0 radical (unpaired) electrons. The number of hydrogen-bond donors (Lipinski definition) is 1. The van der Waals surface area contributed by atoms with Crippen molar-refractivity contribution in [2.75, 3.05) is 7.05 Å². The summed E-state index contributed by atoms with van der Waals surface area (Å²) < 4.78 is 1.18. The summed E-state index contributed by atoms with van der Waals surface area (Å²) in [7, 11) is 2.01. The summed E-state index contributed by atoms with van der Waals surface area (Å²) in [5.41, 5.74) is 1.31. The smallest absolute Gasteiger partial charge is 0.0701 e. The number of halogens is 1. The van der Waals surface area contributed by atoms with Crippen molar-refractivity contribution in [3.63, 3.8) is 0 Å². The molecular weight excluding hydrogens is 296 g/mol. The molecule has 2 unspecified atom stereocenters. The number of pyridine rings is 1. The van der Waals surface area contributed by atoms with E-state index >= 15 is 0 Å². The quantitative estimate of drug-likeness (QED) is 0.924. The first-order valence-corrected chi connectivity index (χ1v) is 7.15. The van der Waals surface area contributed by atoms with E-state index in [0.29, 0.717) is 12.0 Å². The fourth-order valence-corrected chi connectivity index (χ4v) is 3.63. The van der Waals surface area contributed by atoms with Crippen LogP contribution in [0, 0.1) is 0 Å². The standard InChI is InChI=1S/C13H15BrN2S/c1-9(10-5-7-16-8-6-10)13(15-2)11-3-4-12(14)17-11/h3-9,13,15H,1-2H3. The molecule has 0 saturated carbocycles. The predicted octanol–water partition coefficient (Wildman–Crippen LogP) is 3.97. The predicted molar refractivity (Wildman–Crippen MR) is 76.5 cm³/mol. The van der Waals surface area contributed by atoms with Crippen molar-refractivity contribution in [2.24, 2.45) is 0 Å². The van der Waals surface area contributed by atoms with Crippen molar-refractivity contribution < 1.29 is 0 Å². The van der Waals surface area contributed by atoms with Gasteiger partial charge in [-0.1, -0.05) is 6.92 Å². The number of nitrogens with one attached hydrogen (secondary N) is 1. The summed E-state index contributed by atoms with van der Waals surface area (Å²) in [5, 5.41) is 3.40. The van der Waals surface area contributed by atoms with E-state index in [1.165, 1.54) is 14.2 Å². The Morgan fingerprint density at radius 1 is 1.24 bits per heavy atom. The van der Waals surface area contributed by atoms with Crippen LogP contribution in [0.3, 0.4) is 0 Å². The first-order valence-electron chi connectivity index (χ1n) is 5.55. The van der Waals surface area contributed by atoms with Crippen LogP contribution < -0.4 is 5.32 Å². The minimum Gasteiger partial charge on any atom is -0.312 e. The highest BCUT2D eigenvalue weighted by Crippen LogP contribution is 2.35. The van der Waals surface area contributed by atoms with Gasteiger partial charge < -0.3 is 5.32 Å². The molecule has 0 amide bonds. The third-order valence-electron chi connectivity index (χ3n) is 2.94. The first-order chi connectivity index (χ1) is 8.22. The maximum absolute atomic E-state index is 4.06. The monoisotopic (exact) mass is 310 g/mol. The van der Waals surface area contributed by atoms with E-state index in [1.54, 1.807) is 11.3 Å². The first kappa shape index (κ1) is 12.7. The van der Waals surface area contributed by atoms with Gasteiger partial charge in [-0.25, -0.2) is 0 Å². The lowest BCUT2D eigenvalue weighted by Gasteiger charge is -2.22. The second kappa shape index (κ2) is 5.76. The molecule has 17 heavy (non-hydrogen) atoms. The maximum Gasteiger partial charge on any atom is 0.0701 e. The van der Waals surface area contributed by atoms with E-state index in [1.807, 2.05) is 19.4 Å². The van der Waals surface area contributed by atoms with Gasteiger partial charge in [-0.15, -0.1) is 11.3 Å². The van der Waals surface area contributed by atoms with E-state index in [0.717, 1.165) is 0 Å². The fourth-order valence-electron chi connectivity index (χ4n) is 1.99. The summed E-state index contributed by atoms with van der Waals surface area (Å²) >= 11 is 5.30. The normalized spacial score (nSPS) is 14.5. The van der Waals surface area contributed by atoms with Crippen LogP contribution in [0.4, 0.5) is 0 Å². The molecule has 2 heterocycles. The number of nitrogens with zero attached hydrogens (tertiary/aromatic N) is 1. The molecule has 2 aromatic rings. The molecule has 90 valence electrons. The molecule has 2 aromatic heterocycles. The zero-order chi connectivity index (χ0) is 12.3. The minimum atomic E-state index is 0.341. The molecule has 4 heteroatoms. The van der Waals surface area contributed by atoms with E-state index in [2.05, 4.69) is 57.4 Å². The fraction of sp³-hybridized carbons (Fsp3) is 0.308. The van der Waals surface area contributed by atoms with Crippen LogP contribution in [0.15, 0.2) is 40.4 Å². The third kappa shape index (κ3) is 2.94. The van der Waals surface area contributed by atoms with Crippen LogP contribution >= 0.6 is 27.3 Å². The molecule has 2 atom stereocenters. The molecule has 0 fully saturated rings. The van der Waals surface area contributed by atoms with Gasteiger partial charge in [0.2, 0.25) is 0 Å². The number of thiophene rings is 1. The van der Waals surface area contributed by atoms with Crippen LogP contribution in [0.2, 0.25) is 0 Å². The molecule has 0 aromatic carbocycles. The van der Waals surface area contributed by atoms with E-state index < -0.39 is 0 Å². The van der Waals surface area contributed by atoms with Crippen LogP contribution in [-0.2, 0) is 0 Å². The topological polar surface area (TPSA) is 24.9 Å². The largest absolute Gasteiger partial charge is 0.312 e. The number of hydrogen-bond acceptors (Lipinski definition) is 3. The highest BCUT2D eigenvalue weighted by molar-refractivity contribution is 9.11.